The normalized spacial score (nSPS) is 10.7. The van der Waals surface area contributed by atoms with E-state index in [9.17, 15) is 14.9 Å². The summed E-state index contributed by atoms with van der Waals surface area (Å²) >= 11 is 0. The lowest BCUT2D eigenvalue weighted by Crippen LogP contribution is -2.20. The molecule has 128 valence electrons. The molecule has 0 heterocycles. The largest absolute Gasteiger partial charge is 0.469 e. The zero-order valence-electron chi connectivity index (χ0n) is 14.3. The summed E-state index contributed by atoms with van der Waals surface area (Å²) in [5, 5.41) is 14.8. The van der Waals surface area contributed by atoms with Gasteiger partial charge in [-0.05, 0) is 24.0 Å². The van der Waals surface area contributed by atoms with Gasteiger partial charge in [0.25, 0.3) is 5.91 Å². The summed E-state index contributed by atoms with van der Waals surface area (Å²) in [6.07, 6.45) is 3.04. The zero-order chi connectivity index (χ0) is 17.9. The molecule has 0 saturated carbocycles. The molecule has 0 aromatic heterocycles. The van der Waals surface area contributed by atoms with Crippen LogP contribution in [0.4, 0.5) is 5.69 Å². The summed E-state index contributed by atoms with van der Waals surface area (Å²) in [5.74, 6) is -0.831. The molecule has 0 aliphatic carbocycles. The predicted molar refractivity (Wildman–Crippen MR) is 92.2 cm³/mol. The van der Waals surface area contributed by atoms with Crippen molar-refractivity contribution in [3.63, 3.8) is 0 Å². The molecule has 0 saturated heterocycles. The highest BCUT2D eigenvalue weighted by atomic mass is 16.5. The number of nitrogens with one attached hydrogen (secondary N) is 2. The van der Waals surface area contributed by atoms with E-state index < -0.39 is 5.91 Å². The maximum absolute atomic E-state index is 12.3. The van der Waals surface area contributed by atoms with Crippen LogP contribution in [-0.2, 0) is 27.2 Å². The topological polar surface area (TPSA) is 91.2 Å². The van der Waals surface area contributed by atoms with E-state index in [1.54, 1.807) is 0 Å². The Morgan fingerprint density at radius 1 is 1.25 bits per heavy atom. The van der Waals surface area contributed by atoms with Crippen molar-refractivity contribution < 1.29 is 14.3 Å². The van der Waals surface area contributed by atoms with Crippen LogP contribution in [-0.4, -0.2) is 25.5 Å². The monoisotopic (exact) mass is 329 g/mol. The number of hydrogen-bond donors (Lipinski definition) is 2. The maximum Gasteiger partial charge on any atom is 0.307 e. The molecule has 1 rings (SSSR count). The number of nitriles is 1. The molecule has 1 amide bonds. The first kappa shape index (κ1) is 19.2. The number of methoxy groups -OCH3 is 1. The van der Waals surface area contributed by atoms with Crippen LogP contribution in [0, 0.1) is 11.3 Å². The Hall–Kier alpha value is -2.81. The average molecular weight is 329 g/mol. The molecule has 0 fully saturated rings. The quantitative estimate of drug-likeness (QED) is 0.330. The van der Waals surface area contributed by atoms with Crippen molar-refractivity contribution in [3.8, 4) is 6.07 Å². The molecule has 0 aliphatic rings. The van der Waals surface area contributed by atoms with Gasteiger partial charge < -0.3 is 15.4 Å². The lowest BCUT2D eigenvalue weighted by molar-refractivity contribution is -0.140. The number of esters is 1. The number of rotatable bonds is 8. The van der Waals surface area contributed by atoms with E-state index in [-0.39, 0.29) is 24.5 Å². The molecule has 0 spiro atoms. The van der Waals surface area contributed by atoms with Crippen LogP contribution in [0.3, 0.4) is 0 Å². The summed E-state index contributed by atoms with van der Waals surface area (Å²) < 4.78 is 4.52. The number of amides is 1. The SMILES string of the molecule is CCc1cccc(CC)c1NC(=O)/C(C#N)=C\NCCC(=O)OC. The number of carbonyl (C=O) groups is 2. The van der Waals surface area contributed by atoms with E-state index in [0.717, 1.165) is 29.7 Å². The van der Waals surface area contributed by atoms with Gasteiger partial charge in [0.1, 0.15) is 11.6 Å². The summed E-state index contributed by atoms with van der Waals surface area (Å²) in [5.41, 5.74) is 2.77. The molecule has 1 aromatic carbocycles. The summed E-state index contributed by atoms with van der Waals surface area (Å²) in [4.78, 5) is 23.3. The third kappa shape index (κ3) is 5.43. The van der Waals surface area contributed by atoms with Crippen LogP contribution in [0.25, 0.3) is 0 Å². The molecule has 2 N–H and O–H groups in total. The van der Waals surface area contributed by atoms with Crippen molar-refractivity contribution in [2.45, 2.75) is 33.1 Å². The number of benzene rings is 1. The summed E-state index contributed by atoms with van der Waals surface area (Å²) in [6, 6.07) is 7.75. The minimum absolute atomic E-state index is 0.0483. The Morgan fingerprint density at radius 2 is 1.88 bits per heavy atom. The van der Waals surface area contributed by atoms with Gasteiger partial charge in [-0.1, -0.05) is 32.0 Å². The molecule has 24 heavy (non-hydrogen) atoms. The number of aryl methyl sites for hydroxylation is 2. The van der Waals surface area contributed by atoms with Gasteiger partial charge in [0.2, 0.25) is 0 Å². The third-order valence-electron chi connectivity index (χ3n) is 3.55. The van der Waals surface area contributed by atoms with Crippen molar-refractivity contribution >= 4 is 17.6 Å². The van der Waals surface area contributed by atoms with E-state index in [1.165, 1.54) is 13.3 Å². The Bertz CT molecular complexity index is 638. The van der Waals surface area contributed by atoms with Crippen LogP contribution in [0.15, 0.2) is 30.0 Å². The van der Waals surface area contributed by atoms with E-state index in [1.807, 2.05) is 38.1 Å². The fourth-order valence-corrected chi connectivity index (χ4v) is 2.18. The number of carbonyl (C=O) groups excluding carboxylic acids is 2. The van der Waals surface area contributed by atoms with Gasteiger partial charge in [-0.25, -0.2) is 0 Å². The van der Waals surface area contributed by atoms with Crippen LogP contribution >= 0.6 is 0 Å². The second-order valence-corrected chi connectivity index (χ2v) is 5.06. The zero-order valence-corrected chi connectivity index (χ0v) is 14.3. The number of nitrogens with zero attached hydrogens (tertiary/aromatic N) is 1. The predicted octanol–water partition coefficient (Wildman–Crippen LogP) is 2.31. The number of hydrogen-bond acceptors (Lipinski definition) is 5. The second-order valence-electron chi connectivity index (χ2n) is 5.06. The van der Waals surface area contributed by atoms with E-state index in [2.05, 4.69) is 15.4 Å². The van der Waals surface area contributed by atoms with Crippen LogP contribution in [0.1, 0.15) is 31.4 Å². The molecule has 0 atom stereocenters. The molecule has 0 aliphatic heterocycles. The van der Waals surface area contributed by atoms with Crippen molar-refractivity contribution in [2.24, 2.45) is 0 Å². The Balaban J connectivity index is 2.82. The van der Waals surface area contributed by atoms with Gasteiger partial charge in [0.15, 0.2) is 0 Å². The standard InChI is InChI=1S/C18H23N3O3/c1-4-13-7-6-8-14(5-2)17(13)21-18(23)15(11-19)12-20-10-9-16(22)24-3/h6-8,12,20H,4-5,9-10H2,1-3H3,(H,21,23)/b15-12-. The molecule has 1 aromatic rings. The molecule has 0 bridgehead atoms. The van der Waals surface area contributed by atoms with Crippen LogP contribution in [0.2, 0.25) is 0 Å². The molecular formula is C18H23N3O3. The first-order chi connectivity index (χ1) is 11.6. The van der Waals surface area contributed by atoms with Crippen LogP contribution < -0.4 is 10.6 Å². The second kappa shape index (κ2) is 10.1. The number of ether oxygens (including phenoxy) is 1. The first-order valence-electron chi connectivity index (χ1n) is 7.89. The van der Waals surface area contributed by atoms with Gasteiger partial charge in [0.05, 0.1) is 13.5 Å². The maximum atomic E-state index is 12.3. The van der Waals surface area contributed by atoms with Crippen molar-refractivity contribution in [2.75, 3.05) is 19.0 Å². The van der Waals surface area contributed by atoms with Crippen LogP contribution in [0.5, 0.6) is 0 Å². The van der Waals surface area contributed by atoms with Crippen molar-refractivity contribution in [3.05, 3.63) is 41.1 Å². The van der Waals surface area contributed by atoms with Crippen molar-refractivity contribution in [1.82, 2.24) is 5.32 Å². The van der Waals surface area contributed by atoms with Gasteiger partial charge in [0, 0.05) is 18.4 Å². The highest BCUT2D eigenvalue weighted by Gasteiger charge is 2.13. The molecule has 6 nitrogen and oxygen atoms in total. The summed E-state index contributed by atoms with van der Waals surface area (Å²) in [6.45, 7) is 4.32. The van der Waals surface area contributed by atoms with Crippen molar-refractivity contribution in [1.29, 1.82) is 5.26 Å². The van der Waals surface area contributed by atoms with Gasteiger partial charge in [-0.2, -0.15) is 5.26 Å². The lowest BCUT2D eigenvalue weighted by Gasteiger charge is -2.14. The molecule has 0 unspecified atom stereocenters. The molecular weight excluding hydrogens is 306 g/mol. The Labute approximate surface area is 142 Å². The average Bonchev–Trinajstić information content (AvgIpc) is 2.61. The highest BCUT2D eigenvalue weighted by molar-refractivity contribution is 6.07. The van der Waals surface area contributed by atoms with E-state index in [0.29, 0.717) is 0 Å². The van der Waals surface area contributed by atoms with Gasteiger partial charge >= 0.3 is 5.97 Å². The highest BCUT2D eigenvalue weighted by Crippen LogP contribution is 2.23. The minimum atomic E-state index is -0.473. The first-order valence-corrected chi connectivity index (χ1v) is 7.89. The summed E-state index contributed by atoms with van der Waals surface area (Å²) in [7, 11) is 1.31. The number of para-hydroxylation sites is 1. The smallest absolute Gasteiger partial charge is 0.307 e. The minimum Gasteiger partial charge on any atom is -0.469 e. The molecule has 0 radical (unpaired) electrons. The van der Waals surface area contributed by atoms with Gasteiger partial charge in [-0.15, -0.1) is 0 Å². The van der Waals surface area contributed by atoms with E-state index in [4.69, 9.17) is 0 Å². The van der Waals surface area contributed by atoms with Gasteiger partial charge in [-0.3, -0.25) is 9.59 Å². The fourth-order valence-electron chi connectivity index (χ4n) is 2.18. The van der Waals surface area contributed by atoms with E-state index >= 15 is 0 Å². The number of anilines is 1. The fraction of sp³-hybridized carbons (Fsp3) is 0.389. The molecule has 6 heteroatoms. The lowest BCUT2D eigenvalue weighted by atomic mass is 10.0. The Morgan fingerprint density at radius 3 is 2.38 bits per heavy atom. The third-order valence-corrected chi connectivity index (χ3v) is 3.55. The Kier molecular flexibility index (Phi) is 8.06.